The summed E-state index contributed by atoms with van der Waals surface area (Å²) in [5.41, 5.74) is 8.60. The molecule has 1 aliphatic rings. The van der Waals surface area contributed by atoms with Gasteiger partial charge in [0.15, 0.2) is 0 Å². The van der Waals surface area contributed by atoms with E-state index in [0.29, 0.717) is 40.0 Å². The first-order chi connectivity index (χ1) is 15.9. The zero-order valence-electron chi connectivity index (χ0n) is 18.0. The monoisotopic (exact) mass is 483 g/mol. The second kappa shape index (κ2) is 8.78. The molecule has 0 aliphatic carbocycles. The molecule has 0 bridgehead atoms. The summed E-state index contributed by atoms with van der Waals surface area (Å²) in [5.74, 6) is 1.24. The molecular formula is C23H23Cl2N7O. The SMILES string of the molecule is CC(Nc1ncnc2cc(C(=O)N3CCCC3CN)c(Cl)cc12)c1nc2cc(Cl)ccc2[nH]1. The van der Waals surface area contributed by atoms with Crippen molar-refractivity contribution < 1.29 is 4.79 Å². The van der Waals surface area contributed by atoms with Gasteiger partial charge in [-0.15, -0.1) is 0 Å². The number of nitrogens with zero attached hydrogens (tertiary/aromatic N) is 4. The molecule has 2 aromatic carbocycles. The summed E-state index contributed by atoms with van der Waals surface area (Å²) >= 11 is 12.6. The molecule has 2 unspecified atom stereocenters. The van der Waals surface area contributed by atoms with Crippen molar-refractivity contribution in [2.24, 2.45) is 5.73 Å². The van der Waals surface area contributed by atoms with Crippen molar-refractivity contribution in [1.82, 2.24) is 24.8 Å². The molecule has 0 spiro atoms. The zero-order chi connectivity index (χ0) is 23.1. The molecule has 33 heavy (non-hydrogen) atoms. The molecule has 2 atom stereocenters. The Hall–Kier alpha value is -2.94. The Kier molecular flexibility index (Phi) is 5.82. The largest absolute Gasteiger partial charge is 0.360 e. The number of likely N-dealkylation sites (tertiary alicyclic amines) is 1. The molecule has 3 heterocycles. The summed E-state index contributed by atoms with van der Waals surface area (Å²) in [6.07, 6.45) is 3.33. The predicted molar refractivity (Wildman–Crippen MR) is 131 cm³/mol. The van der Waals surface area contributed by atoms with E-state index in [1.807, 2.05) is 30.0 Å². The third kappa shape index (κ3) is 4.10. The molecule has 10 heteroatoms. The number of hydrogen-bond acceptors (Lipinski definition) is 6. The van der Waals surface area contributed by atoms with Gasteiger partial charge in [-0.05, 0) is 50.1 Å². The van der Waals surface area contributed by atoms with Gasteiger partial charge in [0, 0.05) is 29.5 Å². The second-order valence-corrected chi connectivity index (χ2v) is 9.09. The van der Waals surface area contributed by atoms with E-state index < -0.39 is 0 Å². The van der Waals surface area contributed by atoms with Crippen LogP contribution in [0.2, 0.25) is 10.0 Å². The topological polar surface area (TPSA) is 113 Å². The standard InChI is InChI=1S/C23H23Cl2N7O/c1-12(21-30-18-5-4-13(24)7-20(18)31-21)29-22-16-8-17(25)15(9-19(16)27-11-28-22)23(33)32-6-2-3-14(32)10-26/h4-5,7-9,11-12,14H,2-3,6,10,26H2,1H3,(H,30,31)(H,27,28,29). The number of aromatic nitrogens is 4. The van der Waals surface area contributed by atoms with Crippen LogP contribution in [-0.4, -0.2) is 49.9 Å². The number of benzene rings is 2. The van der Waals surface area contributed by atoms with Crippen LogP contribution in [0.15, 0.2) is 36.7 Å². The van der Waals surface area contributed by atoms with Crippen LogP contribution >= 0.6 is 23.2 Å². The summed E-state index contributed by atoms with van der Waals surface area (Å²) < 4.78 is 0. The van der Waals surface area contributed by atoms with E-state index in [2.05, 4.69) is 25.3 Å². The summed E-state index contributed by atoms with van der Waals surface area (Å²) in [6, 6.07) is 8.88. The molecule has 4 N–H and O–H groups in total. The number of anilines is 1. The number of hydrogen-bond donors (Lipinski definition) is 3. The highest BCUT2D eigenvalue weighted by atomic mass is 35.5. The van der Waals surface area contributed by atoms with Gasteiger partial charge in [0.05, 0.1) is 33.2 Å². The van der Waals surface area contributed by atoms with Gasteiger partial charge in [0.2, 0.25) is 0 Å². The van der Waals surface area contributed by atoms with E-state index in [-0.39, 0.29) is 18.0 Å². The third-order valence-electron chi connectivity index (χ3n) is 6.09. The summed E-state index contributed by atoms with van der Waals surface area (Å²) in [5, 5.41) is 5.09. The van der Waals surface area contributed by atoms with Gasteiger partial charge in [-0.3, -0.25) is 4.79 Å². The second-order valence-electron chi connectivity index (χ2n) is 8.25. The van der Waals surface area contributed by atoms with Gasteiger partial charge in [0.25, 0.3) is 5.91 Å². The number of amides is 1. The summed E-state index contributed by atoms with van der Waals surface area (Å²) in [4.78, 5) is 31.7. The maximum atomic E-state index is 13.1. The Balaban J connectivity index is 1.45. The van der Waals surface area contributed by atoms with E-state index in [4.69, 9.17) is 28.9 Å². The highest BCUT2D eigenvalue weighted by Gasteiger charge is 2.30. The Labute approximate surface area is 200 Å². The van der Waals surface area contributed by atoms with Crippen LogP contribution in [0.1, 0.15) is 42.0 Å². The van der Waals surface area contributed by atoms with Crippen LogP contribution < -0.4 is 11.1 Å². The third-order valence-corrected chi connectivity index (χ3v) is 6.64. The van der Waals surface area contributed by atoms with Gasteiger partial charge in [0.1, 0.15) is 18.0 Å². The minimum absolute atomic E-state index is 0.0476. The van der Waals surface area contributed by atoms with Gasteiger partial charge < -0.3 is 20.9 Å². The number of fused-ring (bicyclic) bond motifs is 2. The highest BCUT2D eigenvalue weighted by molar-refractivity contribution is 6.35. The summed E-state index contributed by atoms with van der Waals surface area (Å²) in [6.45, 7) is 3.11. The first-order valence-electron chi connectivity index (χ1n) is 10.8. The molecule has 5 rings (SSSR count). The van der Waals surface area contributed by atoms with Crippen molar-refractivity contribution in [3.05, 3.63) is 58.1 Å². The number of imidazole rings is 1. The number of halogens is 2. The maximum absolute atomic E-state index is 13.1. The van der Waals surface area contributed by atoms with Crippen LogP contribution in [0.4, 0.5) is 5.82 Å². The maximum Gasteiger partial charge on any atom is 0.255 e. The average molecular weight is 484 g/mol. The van der Waals surface area contributed by atoms with Crippen LogP contribution in [0.3, 0.4) is 0 Å². The molecule has 4 aromatic rings. The zero-order valence-corrected chi connectivity index (χ0v) is 19.5. The Morgan fingerprint density at radius 2 is 2.12 bits per heavy atom. The molecule has 0 saturated carbocycles. The minimum Gasteiger partial charge on any atom is -0.360 e. The molecular weight excluding hydrogens is 461 g/mol. The lowest BCUT2D eigenvalue weighted by atomic mass is 10.1. The number of nitrogens with one attached hydrogen (secondary N) is 2. The van der Waals surface area contributed by atoms with E-state index in [1.54, 1.807) is 12.1 Å². The van der Waals surface area contributed by atoms with Gasteiger partial charge in [-0.2, -0.15) is 0 Å². The number of nitrogens with two attached hydrogens (primary N) is 1. The Morgan fingerprint density at radius 3 is 2.94 bits per heavy atom. The fourth-order valence-electron chi connectivity index (χ4n) is 4.34. The molecule has 0 radical (unpaired) electrons. The molecule has 2 aromatic heterocycles. The molecule has 8 nitrogen and oxygen atoms in total. The van der Waals surface area contributed by atoms with Crippen molar-refractivity contribution in [3.8, 4) is 0 Å². The van der Waals surface area contributed by atoms with E-state index in [9.17, 15) is 4.79 Å². The molecule has 1 amide bonds. The highest BCUT2D eigenvalue weighted by Crippen LogP contribution is 2.31. The Morgan fingerprint density at radius 1 is 1.27 bits per heavy atom. The van der Waals surface area contributed by atoms with Gasteiger partial charge in [-0.1, -0.05) is 23.2 Å². The lowest BCUT2D eigenvalue weighted by Gasteiger charge is -2.24. The molecule has 1 saturated heterocycles. The van der Waals surface area contributed by atoms with Gasteiger partial charge >= 0.3 is 0 Å². The number of carbonyl (C=O) groups excluding carboxylic acids is 1. The smallest absolute Gasteiger partial charge is 0.255 e. The average Bonchev–Trinajstić information content (AvgIpc) is 3.45. The molecule has 1 fully saturated rings. The van der Waals surface area contributed by atoms with Gasteiger partial charge in [-0.25, -0.2) is 15.0 Å². The lowest BCUT2D eigenvalue weighted by molar-refractivity contribution is 0.0741. The summed E-state index contributed by atoms with van der Waals surface area (Å²) in [7, 11) is 0. The van der Waals surface area contributed by atoms with Crippen molar-refractivity contribution >= 4 is 56.9 Å². The van der Waals surface area contributed by atoms with Crippen molar-refractivity contribution in [1.29, 1.82) is 0 Å². The first-order valence-corrected chi connectivity index (χ1v) is 11.6. The predicted octanol–water partition coefficient (Wildman–Crippen LogP) is 4.55. The van der Waals surface area contributed by atoms with Crippen LogP contribution in [0.25, 0.3) is 21.9 Å². The van der Waals surface area contributed by atoms with Crippen LogP contribution in [-0.2, 0) is 0 Å². The van der Waals surface area contributed by atoms with Crippen molar-refractivity contribution in [2.45, 2.75) is 31.8 Å². The van der Waals surface area contributed by atoms with E-state index >= 15 is 0 Å². The van der Waals surface area contributed by atoms with E-state index in [1.165, 1.54) is 6.33 Å². The number of aromatic amines is 1. The number of H-pyrrole nitrogens is 1. The Bertz CT molecular complexity index is 1360. The normalized spacial score (nSPS) is 17.1. The first kappa shape index (κ1) is 21.9. The minimum atomic E-state index is -0.177. The van der Waals surface area contributed by atoms with Crippen LogP contribution in [0.5, 0.6) is 0 Å². The van der Waals surface area contributed by atoms with Crippen LogP contribution in [0, 0.1) is 0 Å². The fourth-order valence-corrected chi connectivity index (χ4v) is 4.75. The van der Waals surface area contributed by atoms with E-state index in [0.717, 1.165) is 35.1 Å². The lowest BCUT2D eigenvalue weighted by Crippen LogP contribution is -2.40. The quantitative estimate of drug-likeness (QED) is 0.383. The van der Waals surface area contributed by atoms with Crippen molar-refractivity contribution in [2.75, 3.05) is 18.4 Å². The number of rotatable bonds is 5. The number of carbonyl (C=O) groups is 1. The van der Waals surface area contributed by atoms with Crippen molar-refractivity contribution in [3.63, 3.8) is 0 Å². The molecule has 170 valence electrons. The fraction of sp³-hybridized carbons (Fsp3) is 0.304. The molecule has 1 aliphatic heterocycles.